The standard InChI is InChI=1S/C7H14N2/c1-3-7-5-8-6(2)4-9-7/h3,6-9H,1,4-5H2,2H3/p+1/t6-,7-/m1/s1. The Morgan fingerprint density at radius 3 is 3.00 bits per heavy atom. The first kappa shape index (κ1) is 6.78. The lowest BCUT2D eigenvalue weighted by Crippen LogP contribution is -2.95. The molecule has 0 spiro atoms. The Balaban J connectivity index is 2.26. The minimum Gasteiger partial charge on any atom is -0.341 e. The summed E-state index contributed by atoms with van der Waals surface area (Å²) in [7, 11) is 0. The fraction of sp³-hybridized carbons (Fsp3) is 0.714. The fourth-order valence-electron chi connectivity index (χ4n) is 1.06. The third-order valence-electron chi connectivity index (χ3n) is 1.78. The topological polar surface area (TPSA) is 28.6 Å². The van der Waals surface area contributed by atoms with Crippen LogP contribution < -0.4 is 10.6 Å². The summed E-state index contributed by atoms with van der Waals surface area (Å²) in [5, 5.41) is 5.72. The van der Waals surface area contributed by atoms with Gasteiger partial charge >= 0.3 is 0 Å². The molecule has 1 fully saturated rings. The zero-order valence-corrected chi connectivity index (χ0v) is 5.93. The summed E-state index contributed by atoms with van der Waals surface area (Å²) >= 11 is 0. The molecule has 2 atom stereocenters. The van der Waals surface area contributed by atoms with E-state index in [9.17, 15) is 0 Å². The Hall–Kier alpha value is -0.340. The molecule has 1 heterocycles. The van der Waals surface area contributed by atoms with Crippen molar-refractivity contribution in [2.24, 2.45) is 0 Å². The van der Waals surface area contributed by atoms with E-state index in [1.165, 1.54) is 0 Å². The highest BCUT2D eigenvalue weighted by molar-refractivity contribution is 4.86. The number of piperazine rings is 1. The third-order valence-corrected chi connectivity index (χ3v) is 1.78. The lowest BCUT2D eigenvalue weighted by atomic mass is 10.2. The summed E-state index contributed by atoms with van der Waals surface area (Å²) in [5.41, 5.74) is 0. The van der Waals surface area contributed by atoms with Crippen LogP contribution in [-0.2, 0) is 0 Å². The van der Waals surface area contributed by atoms with Crippen molar-refractivity contribution in [2.75, 3.05) is 13.1 Å². The number of hydrogen-bond acceptors (Lipinski definition) is 1. The van der Waals surface area contributed by atoms with Gasteiger partial charge in [0.1, 0.15) is 0 Å². The summed E-state index contributed by atoms with van der Waals surface area (Å²) in [4.78, 5) is 0. The van der Waals surface area contributed by atoms with E-state index in [2.05, 4.69) is 24.1 Å². The van der Waals surface area contributed by atoms with Crippen LogP contribution in [-0.4, -0.2) is 25.2 Å². The van der Waals surface area contributed by atoms with E-state index in [1.54, 1.807) is 0 Å². The van der Waals surface area contributed by atoms with Crippen molar-refractivity contribution in [3.8, 4) is 0 Å². The van der Waals surface area contributed by atoms with Gasteiger partial charge in [-0.05, 0) is 6.92 Å². The van der Waals surface area contributed by atoms with Gasteiger partial charge in [-0.25, -0.2) is 0 Å². The van der Waals surface area contributed by atoms with Crippen LogP contribution in [0.25, 0.3) is 0 Å². The Morgan fingerprint density at radius 1 is 1.78 bits per heavy atom. The molecule has 0 unspecified atom stereocenters. The average molecular weight is 127 g/mol. The number of rotatable bonds is 1. The molecule has 9 heavy (non-hydrogen) atoms. The summed E-state index contributed by atoms with van der Waals surface area (Å²) in [5.74, 6) is 0. The Bertz CT molecular complexity index is 93.1. The van der Waals surface area contributed by atoms with Crippen LogP contribution in [0.1, 0.15) is 6.92 Å². The number of nitrogens with one attached hydrogen (secondary N) is 1. The minimum absolute atomic E-state index is 0.529. The van der Waals surface area contributed by atoms with Crippen molar-refractivity contribution in [3.05, 3.63) is 12.7 Å². The molecule has 0 aromatic rings. The summed E-state index contributed by atoms with van der Waals surface area (Å²) in [6.07, 6.45) is 1.97. The lowest BCUT2D eigenvalue weighted by Gasteiger charge is -2.23. The molecular weight excluding hydrogens is 112 g/mol. The van der Waals surface area contributed by atoms with Gasteiger partial charge in [-0.1, -0.05) is 6.08 Å². The molecule has 1 saturated heterocycles. The highest BCUT2D eigenvalue weighted by Gasteiger charge is 2.16. The van der Waals surface area contributed by atoms with Crippen LogP contribution in [0.3, 0.4) is 0 Å². The average Bonchev–Trinajstić information content (AvgIpc) is 1.90. The van der Waals surface area contributed by atoms with Crippen LogP contribution in [0.4, 0.5) is 0 Å². The van der Waals surface area contributed by atoms with Gasteiger partial charge in [0.05, 0.1) is 18.6 Å². The summed E-state index contributed by atoms with van der Waals surface area (Å²) in [6, 6.07) is 1.27. The monoisotopic (exact) mass is 127 g/mol. The SMILES string of the molecule is C=C[C@@H]1C[NH2+][C@H](C)CN1. The molecule has 0 aromatic carbocycles. The zero-order chi connectivity index (χ0) is 6.69. The zero-order valence-electron chi connectivity index (χ0n) is 5.93. The Labute approximate surface area is 56.3 Å². The second-order valence-corrected chi connectivity index (χ2v) is 2.70. The molecular formula is C7H15N2+. The maximum Gasteiger partial charge on any atom is 0.0957 e. The van der Waals surface area contributed by atoms with E-state index >= 15 is 0 Å². The highest BCUT2D eigenvalue weighted by atomic mass is 15.1. The van der Waals surface area contributed by atoms with Gasteiger partial charge in [0, 0.05) is 6.54 Å². The molecule has 2 nitrogen and oxygen atoms in total. The first-order valence-electron chi connectivity index (χ1n) is 3.52. The molecule has 1 aliphatic rings. The second kappa shape index (κ2) is 2.99. The minimum atomic E-state index is 0.529. The van der Waals surface area contributed by atoms with Crippen LogP contribution in [0, 0.1) is 0 Å². The summed E-state index contributed by atoms with van der Waals surface area (Å²) < 4.78 is 0. The largest absolute Gasteiger partial charge is 0.341 e. The quantitative estimate of drug-likeness (QED) is 0.439. The second-order valence-electron chi connectivity index (χ2n) is 2.70. The van der Waals surface area contributed by atoms with E-state index < -0.39 is 0 Å². The number of quaternary nitrogens is 1. The van der Waals surface area contributed by atoms with E-state index in [-0.39, 0.29) is 0 Å². The van der Waals surface area contributed by atoms with Crippen molar-refractivity contribution in [1.29, 1.82) is 0 Å². The maximum atomic E-state index is 3.73. The van der Waals surface area contributed by atoms with Gasteiger partial charge in [0.25, 0.3) is 0 Å². The molecule has 1 aliphatic heterocycles. The van der Waals surface area contributed by atoms with E-state index in [0.29, 0.717) is 6.04 Å². The van der Waals surface area contributed by atoms with Crippen molar-refractivity contribution in [3.63, 3.8) is 0 Å². The fourth-order valence-corrected chi connectivity index (χ4v) is 1.06. The first-order chi connectivity index (χ1) is 4.33. The molecule has 0 saturated carbocycles. The van der Waals surface area contributed by atoms with E-state index in [1.807, 2.05) is 6.08 Å². The Kier molecular flexibility index (Phi) is 2.25. The predicted molar refractivity (Wildman–Crippen MR) is 38.2 cm³/mol. The van der Waals surface area contributed by atoms with Crippen molar-refractivity contribution in [1.82, 2.24) is 5.32 Å². The van der Waals surface area contributed by atoms with Gasteiger partial charge in [-0.15, -0.1) is 6.58 Å². The first-order valence-corrected chi connectivity index (χ1v) is 3.52. The maximum absolute atomic E-state index is 3.73. The predicted octanol–water partition coefficient (Wildman–Crippen LogP) is -0.904. The van der Waals surface area contributed by atoms with Crippen LogP contribution in [0.5, 0.6) is 0 Å². The van der Waals surface area contributed by atoms with Gasteiger partial charge in [-0.3, -0.25) is 0 Å². The molecule has 0 amide bonds. The lowest BCUT2D eigenvalue weighted by molar-refractivity contribution is -0.692. The van der Waals surface area contributed by atoms with E-state index in [4.69, 9.17) is 0 Å². The van der Waals surface area contributed by atoms with Gasteiger partial charge in [0.2, 0.25) is 0 Å². The molecule has 0 aromatic heterocycles. The van der Waals surface area contributed by atoms with Crippen LogP contribution in [0.15, 0.2) is 12.7 Å². The molecule has 1 rings (SSSR count). The van der Waals surface area contributed by atoms with E-state index in [0.717, 1.165) is 19.1 Å². The number of nitrogens with two attached hydrogens (primary N) is 1. The molecule has 3 N–H and O–H groups in total. The van der Waals surface area contributed by atoms with Gasteiger partial charge < -0.3 is 10.6 Å². The molecule has 0 bridgehead atoms. The van der Waals surface area contributed by atoms with Gasteiger partial charge in [0.15, 0.2) is 0 Å². The van der Waals surface area contributed by atoms with Crippen LogP contribution >= 0.6 is 0 Å². The van der Waals surface area contributed by atoms with Crippen molar-refractivity contribution in [2.45, 2.75) is 19.0 Å². The molecule has 2 heteroatoms. The third kappa shape index (κ3) is 1.80. The normalized spacial score (nSPS) is 36.1. The number of hydrogen-bond donors (Lipinski definition) is 2. The Morgan fingerprint density at radius 2 is 2.56 bits per heavy atom. The molecule has 52 valence electrons. The van der Waals surface area contributed by atoms with Gasteiger partial charge in [-0.2, -0.15) is 0 Å². The smallest absolute Gasteiger partial charge is 0.0957 e. The van der Waals surface area contributed by atoms with Crippen LogP contribution in [0.2, 0.25) is 0 Å². The van der Waals surface area contributed by atoms with Crippen molar-refractivity contribution < 1.29 is 5.32 Å². The van der Waals surface area contributed by atoms with Crippen molar-refractivity contribution >= 4 is 0 Å². The summed E-state index contributed by atoms with van der Waals surface area (Å²) in [6.45, 7) is 8.21. The molecule has 0 aliphatic carbocycles. The highest BCUT2D eigenvalue weighted by Crippen LogP contribution is 1.84. The molecule has 0 radical (unpaired) electrons.